The molecule has 0 aliphatic heterocycles. The summed E-state index contributed by atoms with van der Waals surface area (Å²) in [7, 11) is -7.28. The number of hydrogen-bond donors (Lipinski definition) is 4. The standard InChI is InChI=1S/2C21H29N6O5P/c2*1-14(2)31-21(28)16(4)26-33(29,32-17-8-6-5-7-9-17)13-30-15(3)10-27-12-25-18-19(22)23-11-24-20(18)27/h2*5-9,11-12,14-16H,10,13H2,1-4H3,(H,26,29)(H2,22,23,24)/t15-,16-,33+;15-,16-,33-/m00/s1. The minimum atomic E-state index is -3.64. The van der Waals surface area contributed by atoms with Crippen molar-refractivity contribution in [1.29, 1.82) is 0 Å². The van der Waals surface area contributed by atoms with E-state index in [9.17, 15) is 18.7 Å². The van der Waals surface area contributed by atoms with Crippen molar-refractivity contribution in [2.24, 2.45) is 0 Å². The van der Waals surface area contributed by atoms with E-state index < -0.39 is 39.1 Å². The van der Waals surface area contributed by atoms with E-state index in [2.05, 4.69) is 40.1 Å². The van der Waals surface area contributed by atoms with Gasteiger partial charge in [0.2, 0.25) is 0 Å². The van der Waals surface area contributed by atoms with Crippen molar-refractivity contribution in [2.75, 3.05) is 24.2 Å². The molecule has 0 spiro atoms. The number of hydrogen-bond acceptors (Lipinski definition) is 18. The van der Waals surface area contributed by atoms with Gasteiger partial charge in [-0.2, -0.15) is 0 Å². The van der Waals surface area contributed by atoms with E-state index in [1.54, 1.807) is 112 Å². The molecule has 4 heterocycles. The fourth-order valence-electron chi connectivity index (χ4n) is 6.02. The zero-order valence-electron chi connectivity index (χ0n) is 38.1. The van der Waals surface area contributed by atoms with E-state index in [4.69, 9.17) is 39.5 Å². The Morgan fingerprint density at radius 1 is 0.576 bits per heavy atom. The minimum Gasteiger partial charge on any atom is -0.462 e. The van der Waals surface area contributed by atoms with Crippen LogP contribution in [0.5, 0.6) is 11.5 Å². The number of carbonyl (C=O) groups excluding carboxylic acids is 2. The van der Waals surface area contributed by atoms with Gasteiger partial charge in [-0.05, 0) is 79.7 Å². The van der Waals surface area contributed by atoms with Crippen LogP contribution in [0, 0.1) is 0 Å². The Morgan fingerprint density at radius 3 is 1.29 bits per heavy atom. The Hall–Kier alpha value is -6.02. The average molecular weight is 953 g/mol. The third-order valence-corrected chi connectivity index (χ3v) is 12.6. The molecule has 0 amide bonds. The number of para-hydroxylation sites is 2. The fraction of sp³-hybridized carbons (Fsp3) is 0.429. The summed E-state index contributed by atoms with van der Waals surface area (Å²) in [5, 5.41) is 5.55. The summed E-state index contributed by atoms with van der Waals surface area (Å²) in [6.45, 7) is 14.5. The number of nitrogens with one attached hydrogen (secondary N) is 2. The zero-order valence-corrected chi connectivity index (χ0v) is 39.9. The number of fused-ring (bicyclic) bond motifs is 2. The van der Waals surface area contributed by atoms with Crippen LogP contribution in [0.2, 0.25) is 0 Å². The molecule has 22 nitrogen and oxygen atoms in total. The van der Waals surface area contributed by atoms with Crippen LogP contribution in [-0.2, 0) is 50.8 Å². The number of anilines is 2. The lowest BCUT2D eigenvalue weighted by molar-refractivity contribution is -0.149. The highest BCUT2D eigenvalue weighted by Crippen LogP contribution is 2.45. The van der Waals surface area contributed by atoms with Crippen molar-refractivity contribution in [3.05, 3.63) is 86.0 Å². The number of benzene rings is 2. The lowest BCUT2D eigenvalue weighted by atomic mass is 10.3. The molecule has 0 aliphatic rings. The molecule has 6 aromatic rings. The highest BCUT2D eigenvalue weighted by molar-refractivity contribution is 7.57. The Balaban J connectivity index is 0.000000247. The minimum absolute atomic E-state index is 0.272. The molecule has 0 aliphatic carbocycles. The second kappa shape index (κ2) is 23.4. The summed E-state index contributed by atoms with van der Waals surface area (Å²) in [4.78, 5) is 49.2. The summed E-state index contributed by atoms with van der Waals surface area (Å²) in [5.41, 5.74) is 13.8. The van der Waals surface area contributed by atoms with Gasteiger partial charge in [0.1, 0.15) is 60.0 Å². The molecule has 24 heteroatoms. The molecule has 6 rings (SSSR count). The van der Waals surface area contributed by atoms with Gasteiger partial charge in [0.05, 0.1) is 50.2 Å². The maximum atomic E-state index is 13.6. The summed E-state index contributed by atoms with van der Waals surface area (Å²) >= 11 is 0. The number of rotatable bonds is 22. The van der Waals surface area contributed by atoms with Gasteiger partial charge in [-0.3, -0.25) is 18.7 Å². The van der Waals surface area contributed by atoms with Gasteiger partial charge < -0.3 is 48.6 Å². The number of carbonyl (C=O) groups is 2. The predicted molar refractivity (Wildman–Crippen MR) is 247 cm³/mol. The van der Waals surface area contributed by atoms with Crippen LogP contribution < -0.4 is 30.7 Å². The van der Waals surface area contributed by atoms with E-state index in [0.717, 1.165) is 0 Å². The first-order valence-electron chi connectivity index (χ1n) is 21.0. The summed E-state index contributed by atoms with van der Waals surface area (Å²) in [5.74, 6) is 0.303. The quantitative estimate of drug-likeness (QED) is 0.0452. The normalized spacial score (nSPS) is 15.2. The molecule has 0 saturated carbocycles. The van der Waals surface area contributed by atoms with Crippen LogP contribution >= 0.6 is 15.0 Å². The van der Waals surface area contributed by atoms with Crippen molar-refractivity contribution in [3.8, 4) is 11.5 Å². The molecule has 0 saturated heterocycles. The van der Waals surface area contributed by atoms with E-state index in [1.807, 2.05) is 26.0 Å². The van der Waals surface area contributed by atoms with Crippen molar-refractivity contribution in [3.63, 3.8) is 0 Å². The first kappa shape index (κ1) is 51.0. The number of esters is 2. The van der Waals surface area contributed by atoms with Crippen molar-refractivity contribution >= 4 is 60.9 Å². The number of aromatic nitrogens is 8. The zero-order chi connectivity index (χ0) is 48.0. The van der Waals surface area contributed by atoms with Crippen LogP contribution in [0.3, 0.4) is 0 Å². The van der Waals surface area contributed by atoms with Crippen LogP contribution in [0.25, 0.3) is 22.3 Å². The number of nitrogens with two attached hydrogens (primary N) is 2. The third kappa shape index (κ3) is 15.0. The van der Waals surface area contributed by atoms with Gasteiger partial charge in [0.25, 0.3) is 0 Å². The molecule has 2 aromatic carbocycles. The molecule has 0 unspecified atom stereocenters. The van der Waals surface area contributed by atoms with Crippen molar-refractivity contribution in [2.45, 2.75) is 105 Å². The number of ether oxygens (including phenoxy) is 4. The molecule has 0 fully saturated rings. The average Bonchev–Trinajstić information content (AvgIpc) is 3.88. The topological polar surface area (TPSA) is 287 Å². The van der Waals surface area contributed by atoms with Gasteiger partial charge in [-0.1, -0.05) is 36.4 Å². The molecule has 356 valence electrons. The molecule has 6 N–H and O–H groups in total. The SMILES string of the molecule is CC(C)OC(=O)[C@H](C)N[P@@](=O)(CO[C@@H](C)Cn1cnc2c(N)ncnc21)Oc1ccccc1.CC(C)OC(=O)[C@H](C)N[P@](=O)(CO[C@@H](C)Cn1cnc2c(N)ncnc21)Oc1ccccc1. The van der Waals surface area contributed by atoms with Gasteiger partial charge in [0.15, 0.2) is 22.9 Å². The van der Waals surface area contributed by atoms with Gasteiger partial charge >= 0.3 is 27.0 Å². The van der Waals surface area contributed by atoms with Gasteiger partial charge in [-0.15, -0.1) is 0 Å². The van der Waals surface area contributed by atoms with Crippen molar-refractivity contribution < 1.29 is 46.7 Å². The monoisotopic (exact) mass is 952 g/mol. The van der Waals surface area contributed by atoms with E-state index in [0.29, 0.717) is 58.6 Å². The molecular formula is C42H58N12O10P2. The second-order valence-electron chi connectivity index (χ2n) is 15.7. The van der Waals surface area contributed by atoms with Gasteiger partial charge in [0, 0.05) is 0 Å². The summed E-state index contributed by atoms with van der Waals surface area (Å²) in [6.07, 6.45) is 4.02. The number of imidazole rings is 2. The van der Waals surface area contributed by atoms with Crippen LogP contribution in [0.15, 0.2) is 86.0 Å². The van der Waals surface area contributed by atoms with Gasteiger partial charge in [-0.25, -0.2) is 40.1 Å². The summed E-state index contributed by atoms with van der Waals surface area (Å²) in [6, 6.07) is 15.7. The highest BCUT2D eigenvalue weighted by atomic mass is 31.2. The first-order valence-corrected chi connectivity index (χ1v) is 24.7. The maximum Gasteiger partial charge on any atom is 0.342 e. The second-order valence-corrected chi connectivity index (χ2v) is 19.8. The Morgan fingerprint density at radius 2 is 0.939 bits per heavy atom. The third-order valence-electron chi connectivity index (χ3n) is 9.01. The lowest BCUT2D eigenvalue weighted by Crippen LogP contribution is -2.37. The maximum absolute atomic E-state index is 13.6. The highest BCUT2D eigenvalue weighted by Gasteiger charge is 2.33. The Kier molecular flexibility index (Phi) is 18.1. The van der Waals surface area contributed by atoms with E-state index in [1.165, 1.54) is 12.7 Å². The van der Waals surface area contributed by atoms with Crippen LogP contribution in [0.4, 0.5) is 11.6 Å². The van der Waals surface area contributed by atoms with E-state index >= 15 is 0 Å². The first-order chi connectivity index (χ1) is 31.3. The van der Waals surface area contributed by atoms with Crippen LogP contribution in [0.1, 0.15) is 55.4 Å². The molecular weight excluding hydrogens is 894 g/mol. The largest absolute Gasteiger partial charge is 0.462 e. The molecule has 6 atom stereocenters. The molecule has 66 heavy (non-hydrogen) atoms. The molecule has 0 radical (unpaired) electrons. The Labute approximate surface area is 382 Å². The Bertz CT molecular complexity index is 2420. The molecule has 0 bridgehead atoms. The number of nitrogen functional groups attached to an aromatic ring is 2. The van der Waals surface area contributed by atoms with E-state index in [-0.39, 0.29) is 37.1 Å². The van der Waals surface area contributed by atoms with Crippen LogP contribution in [-0.4, -0.2) is 100 Å². The van der Waals surface area contributed by atoms with Crippen molar-refractivity contribution in [1.82, 2.24) is 49.2 Å². The molecule has 4 aromatic heterocycles. The number of nitrogens with zero attached hydrogens (tertiary/aromatic N) is 8. The summed E-state index contributed by atoms with van der Waals surface area (Å²) < 4.78 is 64.4. The fourth-order valence-corrected chi connectivity index (χ4v) is 9.60. The smallest absolute Gasteiger partial charge is 0.342 e. The predicted octanol–water partition coefficient (Wildman–Crippen LogP) is 5.95. The lowest BCUT2D eigenvalue weighted by Gasteiger charge is -2.25.